The molecule has 0 fully saturated rings. The number of para-hydroxylation sites is 1. The van der Waals surface area contributed by atoms with Gasteiger partial charge in [-0.25, -0.2) is 4.98 Å². The van der Waals surface area contributed by atoms with E-state index in [-0.39, 0.29) is 5.75 Å². The molecule has 6 rings (SSSR count). The van der Waals surface area contributed by atoms with Crippen LogP contribution in [-0.4, -0.2) is 24.6 Å². The van der Waals surface area contributed by atoms with Crippen LogP contribution < -0.4 is 0 Å². The molecule has 3 aromatic carbocycles. The third-order valence-corrected chi connectivity index (χ3v) is 6.28. The molecule has 5 nitrogen and oxygen atoms in total. The summed E-state index contributed by atoms with van der Waals surface area (Å²) in [6.07, 6.45) is 5.56. The van der Waals surface area contributed by atoms with Crippen molar-refractivity contribution in [2.45, 2.75) is 0 Å². The second-order valence-corrected chi connectivity index (χ2v) is 8.45. The van der Waals surface area contributed by atoms with E-state index in [9.17, 15) is 5.11 Å². The molecule has 3 aromatic heterocycles. The van der Waals surface area contributed by atoms with E-state index in [0.717, 1.165) is 44.5 Å². The number of hydrogen-bond donors (Lipinski definition) is 1. The largest absolute Gasteiger partial charge is 0.507 e. The van der Waals surface area contributed by atoms with Crippen LogP contribution in [0.1, 0.15) is 0 Å². The van der Waals surface area contributed by atoms with E-state index < -0.39 is 0 Å². The minimum atomic E-state index is 0.201. The maximum atomic E-state index is 10.4. The number of hydrogen-bond acceptors (Lipinski definition) is 4. The van der Waals surface area contributed by atoms with Gasteiger partial charge >= 0.3 is 0 Å². The lowest BCUT2D eigenvalue weighted by Crippen LogP contribution is -1.93. The molecule has 6 aromatic rings. The van der Waals surface area contributed by atoms with Gasteiger partial charge in [0, 0.05) is 36.1 Å². The van der Waals surface area contributed by atoms with E-state index >= 15 is 0 Å². The SMILES string of the molecule is Cn1c(-c2ccccc2O)nc2c(-c3cccc(-c4ccc(-c5ccccc5)cn4)c3)cncc21. The van der Waals surface area contributed by atoms with Gasteiger partial charge in [0.25, 0.3) is 0 Å². The summed E-state index contributed by atoms with van der Waals surface area (Å²) in [5.41, 5.74) is 8.53. The number of pyridine rings is 2. The molecule has 0 saturated carbocycles. The highest BCUT2D eigenvalue weighted by atomic mass is 16.3. The van der Waals surface area contributed by atoms with E-state index in [0.29, 0.717) is 11.4 Å². The van der Waals surface area contributed by atoms with Gasteiger partial charge < -0.3 is 9.67 Å². The molecule has 0 aliphatic carbocycles. The molecule has 0 amide bonds. The van der Waals surface area contributed by atoms with E-state index in [1.165, 1.54) is 0 Å². The zero-order chi connectivity index (χ0) is 23.8. The number of phenols is 1. The predicted octanol–water partition coefficient (Wildman–Crippen LogP) is 6.74. The lowest BCUT2D eigenvalue weighted by molar-refractivity contribution is 0.476. The van der Waals surface area contributed by atoms with Crippen LogP contribution in [0.5, 0.6) is 5.75 Å². The summed E-state index contributed by atoms with van der Waals surface area (Å²) in [7, 11) is 1.94. The summed E-state index contributed by atoms with van der Waals surface area (Å²) >= 11 is 0. The minimum Gasteiger partial charge on any atom is -0.507 e. The fraction of sp³-hybridized carbons (Fsp3) is 0.0333. The Balaban J connectivity index is 1.41. The minimum absolute atomic E-state index is 0.201. The summed E-state index contributed by atoms with van der Waals surface area (Å²) in [6, 6.07) is 29.9. The van der Waals surface area contributed by atoms with Crippen LogP contribution in [-0.2, 0) is 7.05 Å². The number of fused-ring (bicyclic) bond motifs is 1. The zero-order valence-corrected chi connectivity index (χ0v) is 19.1. The number of imidazole rings is 1. The van der Waals surface area contributed by atoms with Crippen LogP contribution in [0.15, 0.2) is 110 Å². The van der Waals surface area contributed by atoms with Crippen molar-refractivity contribution < 1.29 is 5.11 Å². The third kappa shape index (κ3) is 3.73. The van der Waals surface area contributed by atoms with E-state index in [1.54, 1.807) is 12.1 Å². The second kappa shape index (κ2) is 8.54. The first-order valence-electron chi connectivity index (χ1n) is 11.4. The summed E-state index contributed by atoms with van der Waals surface area (Å²) in [4.78, 5) is 14.1. The summed E-state index contributed by atoms with van der Waals surface area (Å²) in [5.74, 6) is 0.897. The first-order valence-corrected chi connectivity index (χ1v) is 11.4. The van der Waals surface area contributed by atoms with Crippen molar-refractivity contribution in [1.82, 2.24) is 19.5 Å². The van der Waals surface area contributed by atoms with Gasteiger partial charge in [-0.15, -0.1) is 0 Å². The number of rotatable bonds is 4. The van der Waals surface area contributed by atoms with Crippen LogP contribution in [0, 0.1) is 0 Å². The Kier molecular flexibility index (Phi) is 5.08. The van der Waals surface area contributed by atoms with Crippen molar-refractivity contribution in [1.29, 1.82) is 0 Å². The molecule has 1 N–H and O–H groups in total. The molecule has 0 atom stereocenters. The van der Waals surface area contributed by atoms with Crippen LogP contribution in [0.4, 0.5) is 0 Å². The van der Waals surface area contributed by atoms with Gasteiger partial charge in [-0.3, -0.25) is 9.97 Å². The number of phenolic OH excluding ortho intramolecular Hbond substituents is 1. The Morgan fingerprint density at radius 1 is 0.657 bits per heavy atom. The van der Waals surface area contributed by atoms with Crippen LogP contribution in [0.3, 0.4) is 0 Å². The van der Waals surface area contributed by atoms with Gasteiger partial charge in [-0.05, 0) is 35.4 Å². The Labute approximate surface area is 203 Å². The smallest absolute Gasteiger partial charge is 0.144 e. The summed E-state index contributed by atoms with van der Waals surface area (Å²) in [5, 5.41) is 10.4. The maximum Gasteiger partial charge on any atom is 0.144 e. The molecular weight excluding hydrogens is 432 g/mol. The van der Waals surface area contributed by atoms with Crippen molar-refractivity contribution in [3.05, 3.63) is 110 Å². The standard InChI is InChI=1S/C30H22N4O/c1-34-27-19-31-18-25(29(27)33-30(34)24-12-5-6-13-28(24)35)21-10-7-11-22(16-21)26-15-14-23(17-32-26)20-8-3-2-4-9-20/h2-19,35H,1H3. The highest BCUT2D eigenvalue weighted by Crippen LogP contribution is 2.35. The molecule has 35 heavy (non-hydrogen) atoms. The second-order valence-electron chi connectivity index (χ2n) is 8.45. The Bertz CT molecular complexity index is 1650. The quantitative estimate of drug-likeness (QED) is 0.320. The van der Waals surface area contributed by atoms with Crippen LogP contribution in [0.2, 0.25) is 0 Å². The van der Waals surface area contributed by atoms with Gasteiger partial charge in [0.2, 0.25) is 0 Å². The highest BCUT2D eigenvalue weighted by Gasteiger charge is 2.17. The molecule has 5 heteroatoms. The molecule has 0 saturated heterocycles. The topological polar surface area (TPSA) is 63.8 Å². The Morgan fingerprint density at radius 2 is 1.43 bits per heavy atom. The van der Waals surface area contributed by atoms with E-state index in [1.807, 2.05) is 66.6 Å². The van der Waals surface area contributed by atoms with Gasteiger partial charge in [0.1, 0.15) is 17.1 Å². The fourth-order valence-corrected chi connectivity index (χ4v) is 4.43. The summed E-state index contributed by atoms with van der Waals surface area (Å²) < 4.78 is 1.97. The van der Waals surface area contributed by atoms with Crippen molar-refractivity contribution in [2.24, 2.45) is 7.05 Å². The van der Waals surface area contributed by atoms with Gasteiger partial charge in [0.15, 0.2) is 0 Å². The number of nitrogens with zero attached hydrogens (tertiary/aromatic N) is 4. The number of benzene rings is 3. The first kappa shape index (κ1) is 20.8. The molecule has 0 radical (unpaired) electrons. The van der Waals surface area contributed by atoms with Crippen molar-refractivity contribution in [3.63, 3.8) is 0 Å². The predicted molar refractivity (Wildman–Crippen MR) is 140 cm³/mol. The highest BCUT2D eigenvalue weighted by molar-refractivity contribution is 5.94. The monoisotopic (exact) mass is 454 g/mol. The van der Waals surface area contributed by atoms with Gasteiger partial charge in [-0.1, -0.05) is 66.7 Å². The van der Waals surface area contributed by atoms with Gasteiger partial charge in [0.05, 0.1) is 23.0 Å². The molecule has 3 heterocycles. The normalized spacial score (nSPS) is 11.1. The van der Waals surface area contributed by atoms with Crippen molar-refractivity contribution >= 4 is 11.0 Å². The maximum absolute atomic E-state index is 10.4. The molecule has 0 spiro atoms. The number of aromatic hydroxyl groups is 1. The molecule has 0 aliphatic heterocycles. The van der Waals surface area contributed by atoms with Crippen LogP contribution >= 0.6 is 0 Å². The molecule has 0 aliphatic rings. The lowest BCUT2D eigenvalue weighted by atomic mass is 10.0. The fourth-order valence-electron chi connectivity index (χ4n) is 4.43. The average Bonchev–Trinajstić information content (AvgIpc) is 3.26. The molecule has 0 bridgehead atoms. The molecular formula is C30H22N4O. The first-order chi connectivity index (χ1) is 17.2. The zero-order valence-electron chi connectivity index (χ0n) is 19.1. The summed E-state index contributed by atoms with van der Waals surface area (Å²) in [6.45, 7) is 0. The van der Waals surface area contributed by atoms with Crippen molar-refractivity contribution in [2.75, 3.05) is 0 Å². The van der Waals surface area contributed by atoms with E-state index in [4.69, 9.17) is 9.97 Å². The molecule has 168 valence electrons. The third-order valence-electron chi connectivity index (χ3n) is 6.28. The van der Waals surface area contributed by atoms with E-state index in [2.05, 4.69) is 47.4 Å². The number of aryl methyl sites for hydroxylation is 1. The lowest BCUT2D eigenvalue weighted by Gasteiger charge is -2.07. The molecule has 0 unspecified atom stereocenters. The Morgan fingerprint density at radius 3 is 2.23 bits per heavy atom. The average molecular weight is 455 g/mol. The number of aromatic nitrogens is 4. The van der Waals surface area contributed by atoms with Gasteiger partial charge in [-0.2, -0.15) is 0 Å². The van der Waals surface area contributed by atoms with Crippen molar-refractivity contribution in [3.8, 4) is 50.6 Å². The Hall–Kier alpha value is -4.77. The van der Waals surface area contributed by atoms with Crippen LogP contribution in [0.25, 0.3) is 55.9 Å².